The second kappa shape index (κ2) is 6.71. The van der Waals surface area contributed by atoms with Gasteiger partial charge in [-0.25, -0.2) is 13.8 Å². The van der Waals surface area contributed by atoms with Gasteiger partial charge >= 0.3 is 0 Å². The third kappa shape index (κ3) is 4.86. The van der Waals surface area contributed by atoms with E-state index < -0.39 is 9.84 Å². The fraction of sp³-hybridized carbons (Fsp3) is 0.429. The zero-order valence-electron chi connectivity index (χ0n) is 11.8. The lowest BCUT2D eigenvalue weighted by molar-refractivity contribution is -0.121. The number of hydrazone groups is 1. The highest BCUT2D eigenvalue weighted by atomic mass is 32.2. The SMILES string of the molecule is COc1ccc(/C=N\NC(=O)C[C@H]2CCS(=O)(=O)C2)cc1. The van der Waals surface area contributed by atoms with Gasteiger partial charge in [0, 0.05) is 6.42 Å². The minimum absolute atomic E-state index is 0.0915. The predicted octanol–water partition coefficient (Wildman–Crippen LogP) is 0.970. The molecule has 1 amide bonds. The Morgan fingerprint density at radius 3 is 2.71 bits per heavy atom. The molecule has 1 aliphatic rings. The lowest BCUT2D eigenvalue weighted by atomic mass is 10.1. The molecule has 1 N–H and O–H groups in total. The Balaban J connectivity index is 1.79. The van der Waals surface area contributed by atoms with Crippen LogP contribution >= 0.6 is 0 Å². The molecule has 0 aromatic heterocycles. The maximum Gasteiger partial charge on any atom is 0.240 e. The molecule has 1 atom stereocenters. The van der Waals surface area contributed by atoms with Gasteiger partial charge in [0.15, 0.2) is 9.84 Å². The first-order valence-corrected chi connectivity index (χ1v) is 8.47. The molecule has 1 aromatic rings. The van der Waals surface area contributed by atoms with Gasteiger partial charge < -0.3 is 4.74 Å². The van der Waals surface area contributed by atoms with Crippen LogP contribution in [0.2, 0.25) is 0 Å². The van der Waals surface area contributed by atoms with E-state index in [1.165, 1.54) is 6.21 Å². The molecule has 7 heteroatoms. The summed E-state index contributed by atoms with van der Waals surface area (Å²) in [4.78, 5) is 11.7. The van der Waals surface area contributed by atoms with Crippen LogP contribution in [0.4, 0.5) is 0 Å². The van der Waals surface area contributed by atoms with E-state index in [9.17, 15) is 13.2 Å². The third-order valence-electron chi connectivity index (χ3n) is 3.32. The Morgan fingerprint density at radius 1 is 1.43 bits per heavy atom. The van der Waals surface area contributed by atoms with Crippen molar-refractivity contribution in [2.45, 2.75) is 12.8 Å². The lowest BCUT2D eigenvalue weighted by Gasteiger charge is -2.05. The van der Waals surface area contributed by atoms with Gasteiger partial charge in [-0.3, -0.25) is 4.79 Å². The Labute approximate surface area is 124 Å². The second-order valence-electron chi connectivity index (χ2n) is 5.04. The molecule has 2 rings (SSSR count). The Bertz CT molecular complexity index is 623. The number of nitrogens with zero attached hydrogens (tertiary/aromatic N) is 1. The van der Waals surface area contributed by atoms with E-state index in [1.54, 1.807) is 19.2 Å². The van der Waals surface area contributed by atoms with Crippen molar-refractivity contribution in [1.29, 1.82) is 0 Å². The highest BCUT2D eigenvalue weighted by Gasteiger charge is 2.29. The molecular weight excluding hydrogens is 292 g/mol. The van der Waals surface area contributed by atoms with Gasteiger partial charge in [-0.1, -0.05) is 0 Å². The van der Waals surface area contributed by atoms with Crippen LogP contribution in [0.1, 0.15) is 18.4 Å². The molecule has 6 nitrogen and oxygen atoms in total. The quantitative estimate of drug-likeness (QED) is 0.649. The van der Waals surface area contributed by atoms with E-state index in [-0.39, 0.29) is 29.8 Å². The number of carbonyl (C=O) groups excluding carboxylic acids is 1. The van der Waals surface area contributed by atoms with Crippen LogP contribution in [0.25, 0.3) is 0 Å². The van der Waals surface area contributed by atoms with Crippen molar-refractivity contribution in [2.75, 3.05) is 18.6 Å². The van der Waals surface area contributed by atoms with Gasteiger partial charge in [-0.2, -0.15) is 5.10 Å². The third-order valence-corrected chi connectivity index (χ3v) is 5.16. The van der Waals surface area contributed by atoms with Gasteiger partial charge in [0.05, 0.1) is 24.8 Å². The summed E-state index contributed by atoms with van der Waals surface area (Å²) in [5, 5.41) is 3.86. The smallest absolute Gasteiger partial charge is 0.240 e. The number of carbonyl (C=O) groups is 1. The van der Waals surface area contributed by atoms with Gasteiger partial charge in [-0.05, 0) is 42.2 Å². The number of ether oxygens (including phenoxy) is 1. The molecule has 1 saturated heterocycles. The molecule has 1 heterocycles. The van der Waals surface area contributed by atoms with Crippen LogP contribution in [0.5, 0.6) is 5.75 Å². The van der Waals surface area contributed by atoms with E-state index in [1.807, 2.05) is 12.1 Å². The van der Waals surface area contributed by atoms with Crippen LogP contribution in [0.3, 0.4) is 0 Å². The monoisotopic (exact) mass is 310 g/mol. The maximum atomic E-state index is 11.7. The molecule has 0 bridgehead atoms. The number of rotatable bonds is 5. The highest BCUT2D eigenvalue weighted by Crippen LogP contribution is 2.21. The molecule has 114 valence electrons. The van der Waals surface area contributed by atoms with E-state index in [2.05, 4.69) is 10.5 Å². The van der Waals surface area contributed by atoms with Crippen molar-refractivity contribution in [3.05, 3.63) is 29.8 Å². The summed E-state index contributed by atoms with van der Waals surface area (Å²) in [5.74, 6) is 0.676. The Hall–Kier alpha value is -1.89. The van der Waals surface area contributed by atoms with Crippen molar-refractivity contribution in [3.8, 4) is 5.75 Å². The van der Waals surface area contributed by atoms with Crippen molar-refractivity contribution in [3.63, 3.8) is 0 Å². The van der Waals surface area contributed by atoms with Crippen LogP contribution in [0.15, 0.2) is 29.4 Å². The van der Waals surface area contributed by atoms with Crippen LogP contribution < -0.4 is 10.2 Å². The summed E-state index contributed by atoms with van der Waals surface area (Å²) in [5.41, 5.74) is 3.25. The Kier molecular flexibility index (Phi) is 4.95. The molecule has 0 aliphatic carbocycles. The van der Waals surface area contributed by atoms with E-state index in [0.717, 1.165) is 11.3 Å². The molecule has 0 spiro atoms. The number of sulfone groups is 1. The van der Waals surface area contributed by atoms with Gasteiger partial charge in [0.1, 0.15) is 5.75 Å². The maximum absolute atomic E-state index is 11.7. The summed E-state index contributed by atoms with van der Waals surface area (Å²) in [6.45, 7) is 0. The fourth-order valence-corrected chi connectivity index (χ4v) is 4.07. The molecule has 1 aliphatic heterocycles. The summed E-state index contributed by atoms with van der Waals surface area (Å²) in [6, 6.07) is 7.23. The van der Waals surface area contributed by atoms with Crippen LogP contribution in [-0.4, -0.2) is 39.2 Å². The minimum atomic E-state index is -2.94. The van der Waals surface area contributed by atoms with Gasteiger partial charge in [-0.15, -0.1) is 0 Å². The number of nitrogens with one attached hydrogen (secondary N) is 1. The molecule has 21 heavy (non-hydrogen) atoms. The standard InChI is InChI=1S/C14H18N2O4S/c1-20-13-4-2-11(3-5-13)9-15-16-14(17)8-12-6-7-21(18,19)10-12/h2-5,9,12H,6-8,10H2,1H3,(H,16,17)/b15-9-/t12-/m1/s1. The van der Waals surface area contributed by atoms with Gasteiger partial charge in [0.2, 0.25) is 5.91 Å². The van der Waals surface area contributed by atoms with Crippen molar-refractivity contribution < 1.29 is 17.9 Å². The molecule has 0 unspecified atom stereocenters. The number of amides is 1. The Morgan fingerprint density at radius 2 is 2.14 bits per heavy atom. The molecular formula is C14H18N2O4S. The first-order chi connectivity index (χ1) is 9.98. The fourth-order valence-electron chi connectivity index (χ4n) is 2.21. The summed E-state index contributed by atoms with van der Waals surface area (Å²) in [7, 11) is -1.35. The first-order valence-electron chi connectivity index (χ1n) is 6.65. The minimum Gasteiger partial charge on any atom is -0.497 e. The molecule has 1 fully saturated rings. The van der Waals surface area contributed by atoms with E-state index in [0.29, 0.717) is 6.42 Å². The average Bonchev–Trinajstić information content (AvgIpc) is 2.78. The lowest BCUT2D eigenvalue weighted by Crippen LogP contribution is -2.21. The highest BCUT2D eigenvalue weighted by molar-refractivity contribution is 7.91. The second-order valence-corrected chi connectivity index (χ2v) is 7.27. The van der Waals surface area contributed by atoms with Crippen molar-refractivity contribution >= 4 is 22.0 Å². The van der Waals surface area contributed by atoms with E-state index >= 15 is 0 Å². The van der Waals surface area contributed by atoms with Gasteiger partial charge in [0.25, 0.3) is 0 Å². The number of methoxy groups -OCH3 is 1. The van der Waals surface area contributed by atoms with E-state index in [4.69, 9.17) is 4.74 Å². The summed E-state index contributed by atoms with van der Waals surface area (Å²) < 4.78 is 27.6. The zero-order chi connectivity index (χ0) is 15.3. The topological polar surface area (TPSA) is 84.8 Å². The number of benzene rings is 1. The molecule has 0 radical (unpaired) electrons. The zero-order valence-corrected chi connectivity index (χ0v) is 12.6. The van der Waals surface area contributed by atoms with Crippen LogP contribution in [-0.2, 0) is 14.6 Å². The number of hydrogen-bond acceptors (Lipinski definition) is 5. The van der Waals surface area contributed by atoms with Crippen molar-refractivity contribution in [2.24, 2.45) is 11.0 Å². The summed E-state index contributed by atoms with van der Waals surface area (Å²) in [6.07, 6.45) is 2.28. The number of hydrogen-bond donors (Lipinski definition) is 1. The van der Waals surface area contributed by atoms with Crippen LogP contribution in [0, 0.1) is 5.92 Å². The normalized spacial score (nSPS) is 20.5. The first kappa shape index (κ1) is 15.5. The van der Waals surface area contributed by atoms with Crippen molar-refractivity contribution in [1.82, 2.24) is 5.43 Å². The molecule has 0 saturated carbocycles. The average molecular weight is 310 g/mol. The largest absolute Gasteiger partial charge is 0.497 e. The predicted molar refractivity (Wildman–Crippen MR) is 80.1 cm³/mol. The molecule has 1 aromatic carbocycles. The summed E-state index contributed by atoms with van der Waals surface area (Å²) >= 11 is 0.